The zero-order valence-corrected chi connectivity index (χ0v) is 15.2. The quantitative estimate of drug-likeness (QED) is 0.911. The van der Waals surface area contributed by atoms with Crippen molar-refractivity contribution in [3.05, 3.63) is 44.7 Å². The molecule has 2 aliphatic carbocycles. The molecule has 1 saturated carbocycles. The highest BCUT2D eigenvalue weighted by molar-refractivity contribution is 5.96. The van der Waals surface area contributed by atoms with Gasteiger partial charge >= 0.3 is 0 Å². The number of fused-ring (bicyclic) bond motifs is 1. The molecule has 7 nitrogen and oxygen atoms in total. The lowest BCUT2D eigenvalue weighted by Crippen LogP contribution is -2.40. The van der Waals surface area contributed by atoms with Gasteiger partial charge in [0.1, 0.15) is 11.3 Å². The molecule has 1 N–H and O–H groups in total. The number of nitrogens with zero attached hydrogens (tertiary/aromatic N) is 3. The molecule has 138 valence electrons. The van der Waals surface area contributed by atoms with Crippen molar-refractivity contribution in [3.63, 3.8) is 0 Å². The highest BCUT2D eigenvalue weighted by Crippen LogP contribution is 2.28. The van der Waals surface area contributed by atoms with Crippen LogP contribution >= 0.6 is 0 Å². The highest BCUT2D eigenvalue weighted by Gasteiger charge is 2.27. The van der Waals surface area contributed by atoms with Crippen molar-refractivity contribution in [1.29, 1.82) is 0 Å². The van der Waals surface area contributed by atoms with Gasteiger partial charge in [0.05, 0.1) is 17.4 Å². The molecule has 1 fully saturated rings. The molecule has 4 rings (SSSR count). The van der Waals surface area contributed by atoms with Crippen molar-refractivity contribution in [1.82, 2.24) is 20.3 Å². The van der Waals surface area contributed by atoms with Crippen LogP contribution in [0.5, 0.6) is 0 Å². The van der Waals surface area contributed by atoms with Gasteiger partial charge in [0.15, 0.2) is 0 Å². The van der Waals surface area contributed by atoms with Crippen LogP contribution in [0.15, 0.2) is 15.4 Å². The summed E-state index contributed by atoms with van der Waals surface area (Å²) in [4.78, 5) is 24.9. The van der Waals surface area contributed by atoms with Crippen LogP contribution in [-0.2, 0) is 12.8 Å². The van der Waals surface area contributed by atoms with Crippen molar-refractivity contribution in [2.45, 2.75) is 70.9 Å². The number of aryl methyl sites for hydroxylation is 4. The summed E-state index contributed by atoms with van der Waals surface area (Å²) in [6.07, 6.45) is 6.40. The Morgan fingerprint density at radius 1 is 1.23 bits per heavy atom. The lowest BCUT2D eigenvalue weighted by molar-refractivity contribution is 0.0919. The van der Waals surface area contributed by atoms with E-state index in [-0.39, 0.29) is 23.6 Å². The first kappa shape index (κ1) is 17.0. The number of amides is 1. The molecule has 2 aliphatic rings. The molecule has 2 aromatic heterocycles. The maximum absolute atomic E-state index is 12.5. The van der Waals surface area contributed by atoms with Crippen molar-refractivity contribution in [3.8, 4) is 0 Å². The number of hydrogen-bond donors (Lipinski definition) is 1. The van der Waals surface area contributed by atoms with E-state index < -0.39 is 0 Å². The third-order valence-corrected chi connectivity index (χ3v) is 5.62. The molecule has 0 saturated heterocycles. The van der Waals surface area contributed by atoms with Crippen molar-refractivity contribution in [2.24, 2.45) is 0 Å². The van der Waals surface area contributed by atoms with E-state index in [0.717, 1.165) is 56.2 Å². The molecule has 0 aliphatic heterocycles. The molecule has 0 aromatic carbocycles. The van der Waals surface area contributed by atoms with Crippen LogP contribution in [0.3, 0.4) is 0 Å². The summed E-state index contributed by atoms with van der Waals surface area (Å²) in [7, 11) is 0. The van der Waals surface area contributed by atoms with Crippen molar-refractivity contribution < 1.29 is 9.32 Å². The number of rotatable bonds is 3. The maximum Gasteiger partial charge on any atom is 0.267 e. The molecule has 1 amide bonds. The van der Waals surface area contributed by atoms with Crippen molar-refractivity contribution >= 4 is 5.91 Å². The van der Waals surface area contributed by atoms with E-state index in [1.54, 1.807) is 24.6 Å². The highest BCUT2D eigenvalue weighted by atomic mass is 16.5. The molecule has 7 heteroatoms. The predicted molar refractivity (Wildman–Crippen MR) is 95.3 cm³/mol. The molecular weight excluding hydrogens is 332 g/mol. The Bertz CT molecular complexity index is 871. The van der Waals surface area contributed by atoms with E-state index in [1.165, 1.54) is 0 Å². The topological polar surface area (TPSA) is 90.0 Å². The fraction of sp³-hybridized carbons (Fsp3) is 0.579. The minimum Gasteiger partial charge on any atom is -0.361 e. The van der Waals surface area contributed by atoms with Gasteiger partial charge in [-0.2, -0.15) is 5.10 Å². The molecule has 2 heterocycles. The molecular formula is C19H24N4O3. The van der Waals surface area contributed by atoms with E-state index in [9.17, 15) is 9.59 Å². The van der Waals surface area contributed by atoms with Gasteiger partial charge in [0.25, 0.3) is 11.5 Å². The number of carbonyl (C=O) groups excluding carboxylic acids is 1. The van der Waals surface area contributed by atoms with Crippen LogP contribution in [0.2, 0.25) is 0 Å². The van der Waals surface area contributed by atoms with Crippen LogP contribution in [-0.4, -0.2) is 26.9 Å². The van der Waals surface area contributed by atoms with Gasteiger partial charge in [0.2, 0.25) is 0 Å². The Labute approximate surface area is 151 Å². The molecule has 0 bridgehead atoms. The van der Waals surface area contributed by atoms with Gasteiger partial charge in [-0.05, 0) is 64.4 Å². The average Bonchev–Trinajstić information content (AvgIpc) is 3.20. The second kappa shape index (κ2) is 6.70. The number of carbonyl (C=O) groups is 1. The fourth-order valence-electron chi connectivity index (χ4n) is 4.21. The van der Waals surface area contributed by atoms with Gasteiger partial charge in [-0.25, -0.2) is 4.68 Å². The first-order valence-electron chi connectivity index (χ1n) is 9.38. The molecule has 0 spiro atoms. The predicted octanol–water partition coefficient (Wildman–Crippen LogP) is 2.25. The smallest absolute Gasteiger partial charge is 0.267 e. The normalized spacial score (nSPS) is 22.2. The third kappa shape index (κ3) is 3.06. The third-order valence-electron chi connectivity index (χ3n) is 5.62. The Balaban J connectivity index is 1.40. The van der Waals surface area contributed by atoms with Gasteiger partial charge in [-0.1, -0.05) is 5.16 Å². The summed E-state index contributed by atoms with van der Waals surface area (Å²) in [5.74, 6) is 0.417. The van der Waals surface area contributed by atoms with Crippen LogP contribution < -0.4 is 10.9 Å². The average molecular weight is 356 g/mol. The molecule has 0 atom stereocenters. The largest absolute Gasteiger partial charge is 0.361 e. The Kier molecular flexibility index (Phi) is 4.38. The first-order valence-corrected chi connectivity index (χ1v) is 9.38. The molecule has 2 aromatic rings. The van der Waals surface area contributed by atoms with Crippen LogP contribution in [0.25, 0.3) is 0 Å². The van der Waals surface area contributed by atoms with Gasteiger partial charge in [-0.3, -0.25) is 9.59 Å². The summed E-state index contributed by atoms with van der Waals surface area (Å²) >= 11 is 0. The van der Waals surface area contributed by atoms with Crippen LogP contribution in [0.4, 0.5) is 0 Å². The summed E-state index contributed by atoms with van der Waals surface area (Å²) in [5, 5.41) is 11.5. The Hall–Kier alpha value is -2.44. The summed E-state index contributed by atoms with van der Waals surface area (Å²) < 4.78 is 6.75. The standard InChI is InChI=1S/C19H24N4O3/c1-11-18(12(2)26-22-11)19(25)20-14-6-8-15(9-7-14)23-17(24)10-13-4-3-5-16(13)21-23/h10,14-15H,3-9H2,1-2H3,(H,20,25). The minimum absolute atomic E-state index is 0.00820. The Morgan fingerprint density at radius 3 is 2.69 bits per heavy atom. The SMILES string of the molecule is Cc1noc(C)c1C(=O)NC1CCC(n2nc3c(cc2=O)CCC3)CC1. The summed E-state index contributed by atoms with van der Waals surface area (Å²) in [6, 6.07) is 2.00. The lowest BCUT2D eigenvalue weighted by Gasteiger charge is -2.29. The van der Waals surface area contributed by atoms with Gasteiger partial charge in [-0.15, -0.1) is 0 Å². The zero-order valence-electron chi connectivity index (χ0n) is 15.2. The van der Waals surface area contributed by atoms with E-state index in [4.69, 9.17) is 4.52 Å². The van der Waals surface area contributed by atoms with E-state index >= 15 is 0 Å². The number of hydrogen-bond acceptors (Lipinski definition) is 5. The fourth-order valence-corrected chi connectivity index (χ4v) is 4.21. The number of nitrogens with one attached hydrogen (secondary N) is 1. The van der Waals surface area contributed by atoms with Crippen molar-refractivity contribution in [2.75, 3.05) is 0 Å². The molecule has 26 heavy (non-hydrogen) atoms. The zero-order chi connectivity index (χ0) is 18.3. The second-order valence-corrected chi connectivity index (χ2v) is 7.43. The summed E-state index contributed by atoms with van der Waals surface area (Å²) in [5.41, 5.74) is 3.35. The Morgan fingerprint density at radius 2 is 2.00 bits per heavy atom. The van der Waals surface area contributed by atoms with Crippen LogP contribution in [0, 0.1) is 13.8 Å². The van der Waals surface area contributed by atoms with Gasteiger partial charge < -0.3 is 9.84 Å². The van der Waals surface area contributed by atoms with E-state index in [1.807, 2.05) is 0 Å². The van der Waals surface area contributed by atoms with E-state index in [0.29, 0.717) is 17.0 Å². The molecule has 0 radical (unpaired) electrons. The minimum atomic E-state index is -0.127. The van der Waals surface area contributed by atoms with Gasteiger partial charge in [0, 0.05) is 12.1 Å². The van der Waals surface area contributed by atoms with E-state index in [2.05, 4.69) is 15.6 Å². The summed E-state index contributed by atoms with van der Waals surface area (Å²) in [6.45, 7) is 3.52. The first-order chi connectivity index (χ1) is 12.5. The maximum atomic E-state index is 12.5. The monoisotopic (exact) mass is 356 g/mol. The molecule has 0 unspecified atom stereocenters. The van der Waals surface area contributed by atoms with Crippen LogP contribution in [0.1, 0.15) is 71.2 Å². The number of aromatic nitrogens is 3. The lowest BCUT2D eigenvalue weighted by atomic mass is 9.91. The second-order valence-electron chi connectivity index (χ2n) is 7.43.